The third-order valence-corrected chi connectivity index (χ3v) is 6.25. The maximum Gasteiger partial charge on any atom is 0.132 e. The number of anilines is 1. The van der Waals surface area contributed by atoms with Crippen molar-refractivity contribution in [2.45, 2.75) is 32.7 Å². The van der Waals surface area contributed by atoms with Crippen LogP contribution in [-0.4, -0.2) is 50.8 Å². The van der Waals surface area contributed by atoms with Gasteiger partial charge in [0.25, 0.3) is 0 Å². The lowest BCUT2D eigenvalue weighted by Gasteiger charge is -2.22. The van der Waals surface area contributed by atoms with E-state index in [4.69, 9.17) is 5.10 Å². The van der Waals surface area contributed by atoms with Crippen molar-refractivity contribution in [3.8, 4) is 0 Å². The van der Waals surface area contributed by atoms with Gasteiger partial charge in [-0.2, -0.15) is 5.10 Å². The summed E-state index contributed by atoms with van der Waals surface area (Å²) in [6.45, 7) is 7.76. The SMILES string of the molecule is Cc1cc(N2CC3CN(Cc4c5c(nn4C)CCC5)CC3C2)ncn1. The molecule has 1 aliphatic carbocycles. The molecule has 2 aromatic heterocycles. The topological polar surface area (TPSA) is 50.1 Å². The predicted molar refractivity (Wildman–Crippen MR) is 96.5 cm³/mol. The third-order valence-electron chi connectivity index (χ3n) is 6.25. The fraction of sp³-hybridized carbons (Fsp3) is 0.632. The molecule has 0 aromatic carbocycles. The van der Waals surface area contributed by atoms with Crippen LogP contribution in [0, 0.1) is 18.8 Å². The minimum absolute atomic E-state index is 0.761. The van der Waals surface area contributed by atoms with Crippen LogP contribution in [0.3, 0.4) is 0 Å². The van der Waals surface area contributed by atoms with Gasteiger partial charge < -0.3 is 4.90 Å². The molecule has 2 saturated heterocycles. The Hall–Kier alpha value is -1.95. The first kappa shape index (κ1) is 15.3. The van der Waals surface area contributed by atoms with E-state index in [9.17, 15) is 0 Å². The van der Waals surface area contributed by atoms with Crippen LogP contribution in [0.1, 0.15) is 29.1 Å². The van der Waals surface area contributed by atoms with Crippen LogP contribution in [-0.2, 0) is 26.4 Å². The summed E-state index contributed by atoms with van der Waals surface area (Å²) in [6.07, 6.45) is 5.36. The quantitative estimate of drug-likeness (QED) is 0.850. The smallest absolute Gasteiger partial charge is 0.132 e. The second-order valence-electron chi connectivity index (χ2n) is 7.99. The van der Waals surface area contributed by atoms with E-state index in [1.807, 2.05) is 6.92 Å². The molecule has 0 spiro atoms. The molecule has 2 unspecified atom stereocenters. The van der Waals surface area contributed by atoms with E-state index < -0.39 is 0 Å². The average molecular weight is 338 g/mol. The number of aromatic nitrogens is 4. The Kier molecular flexibility index (Phi) is 3.55. The Balaban J connectivity index is 1.26. The summed E-state index contributed by atoms with van der Waals surface area (Å²) in [6, 6.07) is 2.11. The lowest BCUT2D eigenvalue weighted by molar-refractivity contribution is 0.299. The first-order valence-electron chi connectivity index (χ1n) is 9.47. The predicted octanol–water partition coefficient (Wildman–Crippen LogP) is 1.58. The fourth-order valence-corrected chi connectivity index (χ4v) is 5.02. The van der Waals surface area contributed by atoms with Crippen molar-refractivity contribution in [2.24, 2.45) is 18.9 Å². The van der Waals surface area contributed by atoms with E-state index in [1.54, 1.807) is 6.33 Å². The molecule has 4 heterocycles. The molecular weight excluding hydrogens is 312 g/mol. The molecule has 2 fully saturated rings. The molecule has 0 N–H and O–H groups in total. The van der Waals surface area contributed by atoms with Gasteiger partial charge in [0.15, 0.2) is 0 Å². The molecule has 6 nitrogen and oxygen atoms in total. The van der Waals surface area contributed by atoms with E-state index in [-0.39, 0.29) is 0 Å². The average Bonchev–Trinajstić information content (AvgIpc) is 3.30. The zero-order valence-corrected chi connectivity index (χ0v) is 15.1. The summed E-state index contributed by atoms with van der Waals surface area (Å²) in [5.74, 6) is 2.62. The van der Waals surface area contributed by atoms with Crippen LogP contribution in [0.5, 0.6) is 0 Å². The minimum Gasteiger partial charge on any atom is -0.356 e. The van der Waals surface area contributed by atoms with Gasteiger partial charge in [0, 0.05) is 51.5 Å². The molecule has 132 valence electrons. The highest BCUT2D eigenvalue weighted by Crippen LogP contribution is 2.35. The van der Waals surface area contributed by atoms with Gasteiger partial charge in [-0.05, 0) is 43.6 Å². The lowest BCUT2D eigenvalue weighted by Crippen LogP contribution is -2.29. The van der Waals surface area contributed by atoms with Crippen molar-refractivity contribution in [2.75, 3.05) is 31.1 Å². The molecule has 25 heavy (non-hydrogen) atoms. The number of fused-ring (bicyclic) bond motifs is 2. The normalized spacial score (nSPS) is 25.6. The number of hydrogen-bond acceptors (Lipinski definition) is 5. The van der Waals surface area contributed by atoms with Gasteiger partial charge in [0.05, 0.1) is 11.4 Å². The Morgan fingerprint density at radius 3 is 2.64 bits per heavy atom. The summed E-state index contributed by atoms with van der Waals surface area (Å²) in [5.41, 5.74) is 5.39. The van der Waals surface area contributed by atoms with E-state index in [0.29, 0.717) is 0 Å². The highest BCUT2D eigenvalue weighted by molar-refractivity contribution is 5.41. The molecule has 2 aliphatic heterocycles. The van der Waals surface area contributed by atoms with E-state index in [2.05, 4.69) is 37.6 Å². The van der Waals surface area contributed by atoms with Crippen LogP contribution in [0.25, 0.3) is 0 Å². The number of rotatable bonds is 3. The van der Waals surface area contributed by atoms with Crippen molar-refractivity contribution < 1.29 is 0 Å². The largest absolute Gasteiger partial charge is 0.356 e. The number of likely N-dealkylation sites (tertiary alicyclic amines) is 1. The monoisotopic (exact) mass is 338 g/mol. The minimum atomic E-state index is 0.761. The van der Waals surface area contributed by atoms with Gasteiger partial charge in [-0.25, -0.2) is 9.97 Å². The highest BCUT2D eigenvalue weighted by atomic mass is 15.3. The molecule has 3 aliphatic rings. The second-order valence-corrected chi connectivity index (χ2v) is 7.99. The zero-order valence-electron chi connectivity index (χ0n) is 15.1. The summed E-state index contributed by atoms with van der Waals surface area (Å²) >= 11 is 0. The molecular formula is C19H26N6. The first-order chi connectivity index (χ1) is 12.2. The molecule has 0 bridgehead atoms. The van der Waals surface area contributed by atoms with Gasteiger partial charge in [0.1, 0.15) is 12.1 Å². The Morgan fingerprint density at radius 1 is 1.08 bits per heavy atom. The first-order valence-corrected chi connectivity index (χ1v) is 9.47. The standard InChI is InChI=1S/C19H26N6/c1-13-6-19(21-12-20-13)25-9-14-7-24(8-15(14)10-25)11-18-16-4-3-5-17(16)22-23(18)2/h6,12,14-15H,3-5,7-11H2,1-2H3. The fourth-order valence-electron chi connectivity index (χ4n) is 5.02. The zero-order chi connectivity index (χ0) is 17.0. The van der Waals surface area contributed by atoms with Gasteiger partial charge in [-0.1, -0.05) is 0 Å². The number of aryl methyl sites for hydroxylation is 3. The van der Waals surface area contributed by atoms with Crippen molar-refractivity contribution in [3.63, 3.8) is 0 Å². The van der Waals surface area contributed by atoms with E-state index in [0.717, 1.165) is 43.0 Å². The Labute approximate surface area is 148 Å². The Bertz CT molecular complexity index is 783. The molecule has 2 aromatic rings. The maximum atomic E-state index is 4.73. The van der Waals surface area contributed by atoms with Crippen LogP contribution >= 0.6 is 0 Å². The highest BCUT2D eigenvalue weighted by Gasteiger charge is 2.40. The second kappa shape index (κ2) is 5.80. The van der Waals surface area contributed by atoms with E-state index in [1.165, 1.54) is 49.3 Å². The van der Waals surface area contributed by atoms with Crippen molar-refractivity contribution in [1.82, 2.24) is 24.6 Å². The van der Waals surface area contributed by atoms with Gasteiger partial charge in [-0.3, -0.25) is 9.58 Å². The molecule has 0 radical (unpaired) electrons. The van der Waals surface area contributed by atoms with Crippen LogP contribution in [0.15, 0.2) is 12.4 Å². The van der Waals surface area contributed by atoms with Crippen molar-refractivity contribution >= 4 is 5.82 Å². The summed E-state index contributed by atoms with van der Waals surface area (Å²) in [5, 5.41) is 4.73. The summed E-state index contributed by atoms with van der Waals surface area (Å²) < 4.78 is 2.13. The molecule has 0 amide bonds. The molecule has 0 saturated carbocycles. The van der Waals surface area contributed by atoms with Crippen molar-refractivity contribution in [3.05, 3.63) is 35.0 Å². The van der Waals surface area contributed by atoms with Gasteiger partial charge in [-0.15, -0.1) is 0 Å². The maximum absolute atomic E-state index is 4.73. The summed E-state index contributed by atoms with van der Waals surface area (Å²) in [7, 11) is 2.11. The molecule has 5 rings (SSSR count). The van der Waals surface area contributed by atoms with Crippen molar-refractivity contribution in [1.29, 1.82) is 0 Å². The van der Waals surface area contributed by atoms with Crippen LogP contribution in [0.2, 0.25) is 0 Å². The van der Waals surface area contributed by atoms with E-state index >= 15 is 0 Å². The molecule has 6 heteroatoms. The number of nitrogens with zero attached hydrogens (tertiary/aromatic N) is 6. The van der Waals surface area contributed by atoms with Gasteiger partial charge >= 0.3 is 0 Å². The number of hydrogen-bond donors (Lipinski definition) is 0. The van der Waals surface area contributed by atoms with Crippen LogP contribution < -0.4 is 4.90 Å². The third kappa shape index (κ3) is 2.63. The summed E-state index contributed by atoms with van der Waals surface area (Å²) in [4.78, 5) is 13.8. The Morgan fingerprint density at radius 2 is 1.88 bits per heavy atom. The molecule has 2 atom stereocenters. The van der Waals surface area contributed by atoms with Gasteiger partial charge in [0.2, 0.25) is 0 Å². The lowest BCUT2D eigenvalue weighted by atomic mass is 10.0. The van der Waals surface area contributed by atoms with Crippen LogP contribution in [0.4, 0.5) is 5.82 Å².